The second-order valence-electron chi connectivity index (χ2n) is 7.17. The van der Waals surface area contributed by atoms with Gasteiger partial charge < -0.3 is 9.84 Å². The maximum Gasteiger partial charge on any atom is 0.243 e. The summed E-state index contributed by atoms with van der Waals surface area (Å²) in [6, 6.07) is 10.0. The van der Waals surface area contributed by atoms with Crippen molar-refractivity contribution in [2.75, 3.05) is 26.3 Å². The van der Waals surface area contributed by atoms with Crippen LogP contribution in [0.5, 0.6) is 5.75 Å². The van der Waals surface area contributed by atoms with Crippen molar-refractivity contribution in [3.63, 3.8) is 0 Å². The van der Waals surface area contributed by atoms with Crippen LogP contribution in [0.25, 0.3) is 0 Å². The van der Waals surface area contributed by atoms with Gasteiger partial charge in [-0.2, -0.15) is 9.41 Å². The zero-order valence-electron chi connectivity index (χ0n) is 17.5. The Morgan fingerprint density at radius 3 is 2.39 bits per heavy atom. The number of morpholine rings is 1. The van der Waals surface area contributed by atoms with E-state index < -0.39 is 10.0 Å². The van der Waals surface area contributed by atoms with E-state index in [0.717, 1.165) is 11.3 Å². The maximum atomic E-state index is 12.8. The zero-order valence-corrected chi connectivity index (χ0v) is 22.3. The largest absolute Gasteiger partial charge is 0.506 e. The summed E-state index contributed by atoms with van der Waals surface area (Å²) in [5.74, 6) is 0.126. The van der Waals surface area contributed by atoms with Crippen LogP contribution in [0.3, 0.4) is 0 Å². The van der Waals surface area contributed by atoms with Crippen molar-refractivity contribution in [2.24, 2.45) is 10.1 Å². The first kappa shape index (κ1) is 24.3. The Balaban J connectivity index is 1.60. The highest BCUT2D eigenvalue weighted by atomic mass is 79.9. The van der Waals surface area contributed by atoms with Gasteiger partial charge in [0.05, 0.1) is 44.7 Å². The molecule has 1 aromatic heterocycles. The van der Waals surface area contributed by atoms with E-state index in [4.69, 9.17) is 4.74 Å². The molecule has 0 atom stereocenters. The summed E-state index contributed by atoms with van der Waals surface area (Å²) >= 11 is 8.06. The van der Waals surface area contributed by atoms with E-state index in [-0.39, 0.29) is 10.6 Å². The number of sulfonamides is 1. The number of hydrogen-bond acceptors (Lipinski definition) is 7. The molecule has 2 aromatic carbocycles. The van der Waals surface area contributed by atoms with Crippen LogP contribution < -0.4 is 4.80 Å². The maximum absolute atomic E-state index is 12.8. The summed E-state index contributed by atoms with van der Waals surface area (Å²) in [5.41, 5.74) is 2.31. The molecule has 12 heteroatoms. The first-order valence-electron chi connectivity index (χ1n) is 9.88. The Hall–Kier alpha value is -1.83. The highest BCUT2D eigenvalue weighted by Crippen LogP contribution is 2.32. The molecule has 3 aromatic rings. The number of rotatable bonds is 5. The highest BCUT2D eigenvalue weighted by molar-refractivity contribution is 9.11. The quantitative estimate of drug-likeness (QED) is 0.435. The van der Waals surface area contributed by atoms with Gasteiger partial charge in [0.25, 0.3) is 0 Å². The standard InChI is InChI=1S/C21H20Br2N4O4S2/c1-14-13-32-21(27(14)24-12-15-10-18(22)20(28)19(23)11-15)25-16-2-4-17(5-3-16)33(29,30)26-6-8-31-9-7-26/h2-5,10-13,28H,6-9H2,1H3. The Morgan fingerprint density at radius 2 is 1.76 bits per heavy atom. The van der Waals surface area contributed by atoms with Crippen molar-refractivity contribution in [2.45, 2.75) is 11.8 Å². The van der Waals surface area contributed by atoms with Gasteiger partial charge in [-0.05, 0) is 80.7 Å². The molecule has 0 amide bonds. The number of benzene rings is 2. The number of phenols is 1. The molecule has 1 saturated heterocycles. The van der Waals surface area contributed by atoms with Crippen molar-refractivity contribution < 1.29 is 18.3 Å². The van der Waals surface area contributed by atoms with Crippen LogP contribution in [-0.2, 0) is 14.8 Å². The van der Waals surface area contributed by atoms with Crippen LogP contribution in [0.15, 0.2) is 65.7 Å². The molecule has 1 aliphatic rings. The molecule has 1 N–H and O–H groups in total. The third-order valence-electron chi connectivity index (χ3n) is 4.88. The van der Waals surface area contributed by atoms with Gasteiger partial charge in [-0.15, -0.1) is 11.3 Å². The third kappa shape index (κ3) is 5.47. The molecule has 0 unspecified atom stereocenters. The molecule has 0 radical (unpaired) electrons. The molecule has 0 spiro atoms. The smallest absolute Gasteiger partial charge is 0.243 e. The predicted octanol–water partition coefficient (Wildman–Crippen LogP) is 4.22. The number of nitrogens with zero attached hydrogens (tertiary/aromatic N) is 4. The molecule has 0 aliphatic carbocycles. The lowest BCUT2D eigenvalue weighted by Gasteiger charge is -2.26. The summed E-state index contributed by atoms with van der Waals surface area (Å²) in [5, 5.41) is 16.3. The number of ether oxygens (including phenoxy) is 1. The minimum Gasteiger partial charge on any atom is -0.506 e. The van der Waals surface area contributed by atoms with E-state index in [9.17, 15) is 13.5 Å². The topological polar surface area (TPSA) is 96.5 Å². The molecule has 2 heterocycles. The average Bonchev–Trinajstić information content (AvgIpc) is 3.15. The number of thiazole rings is 1. The number of hydrogen-bond donors (Lipinski definition) is 1. The first-order chi connectivity index (χ1) is 15.8. The van der Waals surface area contributed by atoms with Crippen molar-refractivity contribution in [1.82, 2.24) is 8.98 Å². The summed E-state index contributed by atoms with van der Waals surface area (Å²) in [6.45, 7) is 3.45. The molecular weight excluding hydrogens is 596 g/mol. The molecule has 8 nitrogen and oxygen atoms in total. The fraction of sp³-hybridized carbons (Fsp3) is 0.238. The van der Waals surface area contributed by atoms with Crippen LogP contribution in [-0.4, -0.2) is 55.0 Å². The number of aromatic hydroxyl groups is 1. The minimum atomic E-state index is -3.55. The lowest BCUT2D eigenvalue weighted by Crippen LogP contribution is -2.40. The van der Waals surface area contributed by atoms with Crippen LogP contribution in [0.4, 0.5) is 5.69 Å². The molecule has 33 heavy (non-hydrogen) atoms. The molecule has 174 valence electrons. The lowest BCUT2D eigenvalue weighted by molar-refractivity contribution is 0.0730. The molecule has 0 bridgehead atoms. The van der Waals surface area contributed by atoms with E-state index >= 15 is 0 Å². The third-order valence-corrected chi connectivity index (χ3v) is 8.94. The summed E-state index contributed by atoms with van der Waals surface area (Å²) < 4.78 is 35.1. The molecular formula is C21H20Br2N4O4S2. The SMILES string of the molecule is Cc1csc(=Nc2ccc(S(=O)(=O)N3CCOCC3)cc2)n1N=Cc1cc(Br)c(O)c(Br)c1. The van der Waals surface area contributed by atoms with Crippen molar-refractivity contribution >= 4 is 65.1 Å². The Morgan fingerprint density at radius 1 is 1.12 bits per heavy atom. The van der Waals surface area contributed by atoms with Gasteiger partial charge in [0, 0.05) is 18.5 Å². The van der Waals surface area contributed by atoms with E-state index in [0.29, 0.717) is 45.7 Å². The van der Waals surface area contributed by atoms with Gasteiger partial charge in [0.2, 0.25) is 14.8 Å². The van der Waals surface area contributed by atoms with Crippen LogP contribution in [0.2, 0.25) is 0 Å². The number of aryl methyl sites for hydroxylation is 1. The molecule has 0 saturated carbocycles. The van der Waals surface area contributed by atoms with E-state index in [1.165, 1.54) is 15.6 Å². The second kappa shape index (κ2) is 10.2. The fourth-order valence-electron chi connectivity index (χ4n) is 3.13. The van der Waals surface area contributed by atoms with Crippen molar-refractivity contribution in [1.29, 1.82) is 0 Å². The monoisotopic (exact) mass is 614 g/mol. The van der Waals surface area contributed by atoms with Crippen molar-refractivity contribution in [3.05, 3.63) is 66.8 Å². The zero-order chi connectivity index (χ0) is 23.6. The van der Waals surface area contributed by atoms with Crippen LogP contribution in [0, 0.1) is 6.92 Å². The Kier molecular flexibility index (Phi) is 7.51. The average molecular weight is 616 g/mol. The Bertz CT molecular complexity index is 1340. The normalized spacial score (nSPS) is 16.0. The number of halogens is 2. The number of phenolic OH excluding ortho intramolecular Hbond substituents is 1. The summed E-state index contributed by atoms with van der Waals surface area (Å²) in [4.78, 5) is 5.52. The van der Waals surface area contributed by atoms with Gasteiger partial charge >= 0.3 is 0 Å². The van der Waals surface area contributed by atoms with Crippen LogP contribution >= 0.6 is 43.2 Å². The first-order valence-corrected chi connectivity index (χ1v) is 13.8. The van der Waals surface area contributed by atoms with Crippen LogP contribution in [0.1, 0.15) is 11.3 Å². The fourth-order valence-corrected chi connectivity index (χ4v) is 6.58. The second-order valence-corrected chi connectivity index (χ2v) is 11.7. The summed E-state index contributed by atoms with van der Waals surface area (Å²) in [6.07, 6.45) is 1.67. The predicted molar refractivity (Wildman–Crippen MR) is 135 cm³/mol. The van der Waals surface area contributed by atoms with Gasteiger partial charge in [-0.1, -0.05) is 0 Å². The number of aromatic nitrogens is 1. The van der Waals surface area contributed by atoms with Crippen molar-refractivity contribution in [3.8, 4) is 5.75 Å². The minimum absolute atomic E-state index is 0.126. The van der Waals surface area contributed by atoms with E-state index in [1.807, 2.05) is 12.3 Å². The molecule has 1 fully saturated rings. The van der Waals surface area contributed by atoms with Gasteiger partial charge in [0.1, 0.15) is 5.75 Å². The van der Waals surface area contributed by atoms with E-state index in [2.05, 4.69) is 42.0 Å². The van der Waals surface area contributed by atoms with E-state index in [1.54, 1.807) is 47.3 Å². The van der Waals surface area contributed by atoms with Gasteiger partial charge in [-0.3, -0.25) is 0 Å². The molecule has 1 aliphatic heterocycles. The van der Waals surface area contributed by atoms with Gasteiger partial charge in [0.15, 0.2) is 0 Å². The Labute approximate surface area is 212 Å². The van der Waals surface area contributed by atoms with Gasteiger partial charge in [-0.25, -0.2) is 18.1 Å². The summed E-state index contributed by atoms with van der Waals surface area (Å²) in [7, 11) is -3.55. The molecule has 4 rings (SSSR count). The lowest BCUT2D eigenvalue weighted by atomic mass is 10.2. The highest BCUT2D eigenvalue weighted by Gasteiger charge is 2.26.